The lowest BCUT2D eigenvalue weighted by Crippen LogP contribution is -2.40. The third-order valence-electron chi connectivity index (χ3n) is 4.23. The van der Waals surface area contributed by atoms with Gasteiger partial charge in [0, 0.05) is 12.6 Å². The third-order valence-corrected chi connectivity index (χ3v) is 4.53. The van der Waals surface area contributed by atoms with Crippen LogP contribution in [-0.2, 0) is 6.54 Å². The normalized spacial score (nSPS) is 23.8. The van der Waals surface area contributed by atoms with Gasteiger partial charge >= 0.3 is 0 Å². The Morgan fingerprint density at radius 1 is 1.32 bits per heavy atom. The van der Waals surface area contributed by atoms with Gasteiger partial charge in [-0.1, -0.05) is 44.4 Å². The second kappa shape index (κ2) is 6.71. The molecule has 0 aromatic heterocycles. The zero-order chi connectivity index (χ0) is 13.8. The average Bonchev–Trinajstić information content (AvgIpc) is 2.40. The fourth-order valence-electron chi connectivity index (χ4n) is 3.11. The van der Waals surface area contributed by atoms with Gasteiger partial charge in [0.1, 0.15) is 5.82 Å². The van der Waals surface area contributed by atoms with E-state index in [2.05, 4.69) is 19.2 Å². The van der Waals surface area contributed by atoms with Crippen molar-refractivity contribution in [3.63, 3.8) is 0 Å². The van der Waals surface area contributed by atoms with Gasteiger partial charge in [-0.15, -0.1) is 0 Å². The Morgan fingerprint density at radius 2 is 2.05 bits per heavy atom. The van der Waals surface area contributed by atoms with Gasteiger partial charge in [0.05, 0.1) is 5.02 Å². The fraction of sp³-hybridized carbons (Fsp3) is 0.625. The molecule has 1 saturated carbocycles. The van der Waals surface area contributed by atoms with E-state index in [4.69, 9.17) is 11.6 Å². The maximum atomic E-state index is 13.4. The molecule has 0 heterocycles. The molecule has 1 N–H and O–H groups in total. The van der Waals surface area contributed by atoms with Crippen LogP contribution in [0.4, 0.5) is 4.39 Å². The van der Waals surface area contributed by atoms with Crippen LogP contribution < -0.4 is 5.32 Å². The molecule has 19 heavy (non-hydrogen) atoms. The predicted octanol–water partition coefficient (Wildman–Crippen LogP) is 4.78. The van der Waals surface area contributed by atoms with Crippen molar-refractivity contribution in [3.8, 4) is 0 Å². The monoisotopic (exact) mass is 283 g/mol. The first-order valence-corrected chi connectivity index (χ1v) is 7.63. The topological polar surface area (TPSA) is 12.0 Å². The smallest absolute Gasteiger partial charge is 0.142 e. The van der Waals surface area contributed by atoms with Crippen LogP contribution >= 0.6 is 11.6 Å². The van der Waals surface area contributed by atoms with Crippen molar-refractivity contribution >= 4 is 11.6 Å². The van der Waals surface area contributed by atoms with Crippen LogP contribution in [-0.4, -0.2) is 6.04 Å². The molecule has 0 aliphatic heterocycles. The van der Waals surface area contributed by atoms with Gasteiger partial charge in [-0.25, -0.2) is 4.39 Å². The van der Waals surface area contributed by atoms with Crippen LogP contribution in [0.25, 0.3) is 0 Å². The molecule has 3 heteroatoms. The Kier molecular flexibility index (Phi) is 5.23. The molecule has 1 aromatic carbocycles. The Balaban J connectivity index is 1.94. The molecular weight excluding hydrogens is 261 g/mol. The van der Waals surface area contributed by atoms with E-state index in [9.17, 15) is 4.39 Å². The van der Waals surface area contributed by atoms with Gasteiger partial charge in [-0.3, -0.25) is 0 Å². The number of nitrogens with one attached hydrogen (secondary N) is 1. The molecule has 2 atom stereocenters. The van der Waals surface area contributed by atoms with Gasteiger partial charge in [0.15, 0.2) is 0 Å². The Morgan fingerprint density at radius 3 is 2.74 bits per heavy atom. The highest BCUT2D eigenvalue weighted by Crippen LogP contribution is 2.30. The summed E-state index contributed by atoms with van der Waals surface area (Å²) in [6, 6.07) is 5.62. The number of hydrogen-bond acceptors (Lipinski definition) is 1. The number of rotatable bonds is 4. The molecule has 1 aliphatic carbocycles. The second-order valence-corrected chi connectivity index (χ2v) is 6.34. The van der Waals surface area contributed by atoms with E-state index >= 15 is 0 Å². The summed E-state index contributed by atoms with van der Waals surface area (Å²) in [6.45, 7) is 5.32. The summed E-state index contributed by atoms with van der Waals surface area (Å²) >= 11 is 5.70. The molecule has 0 saturated heterocycles. The molecule has 1 nitrogen and oxygen atoms in total. The lowest BCUT2D eigenvalue weighted by atomic mass is 9.78. The summed E-state index contributed by atoms with van der Waals surface area (Å²) in [6.07, 6.45) is 5.19. The minimum atomic E-state index is -0.329. The molecular formula is C16H23ClFN. The zero-order valence-electron chi connectivity index (χ0n) is 11.8. The predicted molar refractivity (Wildman–Crippen MR) is 78.8 cm³/mol. The van der Waals surface area contributed by atoms with E-state index in [1.54, 1.807) is 6.07 Å². The molecule has 0 amide bonds. The van der Waals surface area contributed by atoms with Crippen molar-refractivity contribution in [1.82, 2.24) is 5.32 Å². The van der Waals surface area contributed by atoms with E-state index in [-0.39, 0.29) is 10.8 Å². The first-order valence-electron chi connectivity index (χ1n) is 7.25. The summed E-state index contributed by atoms with van der Waals surface area (Å²) in [5, 5.41) is 3.80. The standard InChI is InChI=1S/C16H23ClFN/c1-11(2)13-5-3-4-6-16(13)19-10-12-7-8-14(17)15(18)9-12/h7-9,11,13,16,19H,3-6,10H2,1-2H3. The van der Waals surface area contributed by atoms with Crippen molar-refractivity contribution in [1.29, 1.82) is 0 Å². The lowest BCUT2D eigenvalue weighted by molar-refractivity contribution is 0.204. The van der Waals surface area contributed by atoms with Crippen molar-refractivity contribution in [2.75, 3.05) is 0 Å². The molecule has 1 fully saturated rings. The Bertz CT molecular complexity index is 419. The van der Waals surface area contributed by atoms with E-state index in [0.717, 1.165) is 18.0 Å². The van der Waals surface area contributed by atoms with E-state index in [1.807, 2.05) is 6.07 Å². The average molecular weight is 284 g/mol. The van der Waals surface area contributed by atoms with Crippen LogP contribution in [0.15, 0.2) is 18.2 Å². The summed E-state index contributed by atoms with van der Waals surface area (Å²) in [7, 11) is 0. The van der Waals surface area contributed by atoms with Crippen molar-refractivity contribution in [3.05, 3.63) is 34.6 Å². The van der Waals surface area contributed by atoms with Crippen LogP contribution in [0.2, 0.25) is 5.02 Å². The first-order chi connectivity index (χ1) is 9.08. The Hall–Kier alpha value is -0.600. The Labute approximate surface area is 120 Å². The highest BCUT2D eigenvalue weighted by atomic mass is 35.5. The molecule has 106 valence electrons. The minimum Gasteiger partial charge on any atom is -0.310 e. The zero-order valence-corrected chi connectivity index (χ0v) is 12.5. The summed E-state index contributed by atoms with van der Waals surface area (Å²) in [5.41, 5.74) is 0.968. The quantitative estimate of drug-likeness (QED) is 0.838. The molecule has 0 radical (unpaired) electrons. The van der Waals surface area contributed by atoms with Gasteiger partial charge in [-0.2, -0.15) is 0 Å². The van der Waals surface area contributed by atoms with Crippen molar-refractivity contribution < 1.29 is 4.39 Å². The van der Waals surface area contributed by atoms with Gasteiger partial charge in [-0.05, 0) is 42.4 Å². The maximum absolute atomic E-state index is 13.4. The number of benzene rings is 1. The molecule has 2 unspecified atom stereocenters. The molecule has 0 bridgehead atoms. The summed E-state index contributed by atoms with van der Waals surface area (Å²) in [5.74, 6) is 1.12. The minimum absolute atomic E-state index is 0.196. The van der Waals surface area contributed by atoms with Crippen LogP contribution in [0.3, 0.4) is 0 Å². The number of hydrogen-bond donors (Lipinski definition) is 1. The van der Waals surface area contributed by atoms with E-state index in [0.29, 0.717) is 12.0 Å². The maximum Gasteiger partial charge on any atom is 0.142 e. The second-order valence-electron chi connectivity index (χ2n) is 5.93. The summed E-state index contributed by atoms with van der Waals surface area (Å²) in [4.78, 5) is 0. The van der Waals surface area contributed by atoms with Crippen molar-refractivity contribution in [2.24, 2.45) is 11.8 Å². The van der Waals surface area contributed by atoms with Gasteiger partial charge in [0.2, 0.25) is 0 Å². The highest BCUT2D eigenvalue weighted by molar-refractivity contribution is 6.30. The van der Waals surface area contributed by atoms with Crippen molar-refractivity contribution in [2.45, 2.75) is 52.1 Å². The lowest BCUT2D eigenvalue weighted by Gasteiger charge is -2.35. The number of halogens is 2. The molecule has 2 rings (SSSR count). The SMILES string of the molecule is CC(C)C1CCCCC1NCc1ccc(Cl)c(F)c1. The van der Waals surface area contributed by atoms with Crippen LogP contribution in [0, 0.1) is 17.7 Å². The third kappa shape index (κ3) is 3.93. The fourth-order valence-corrected chi connectivity index (χ4v) is 3.23. The highest BCUT2D eigenvalue weighted by Gasteiger charge is 2.26. The van der Waals surface area contributed by atoms with Gasteiger partial charge < -0.3 is 5.32 Å². The van der Waals surface area contributed by atoms with Crippen LogP contribution in [0.5, 0.6) is 0 Å². The van der Waals surface area contributed by atoms with E-state index < -0.39 is 0 Å². The summed E-state index contributed by atoms with van der Waals surface area (Å²) < 4.78 is 13.4. The molecule has 0 spiro atoms. The molecule has 1 aromatic rings. The van der Waals surface area contributed by atoms with Gasteiger partial charge in [0.25, 0.3) is 0 Å². The van der Waals surface area contributed by atoms with Crippen LogP contribution in [0.1, 0.15) is 45.1 Å². The molecule has 1 aliphatic rings. The largest absolute Gasteiger partial charge is 0.310 e. The van der Waals surface area contributed by atoms with E-state index in [1.165, 1.54) is 31.7 Å². The first kappa shape index (κ1) is 14.8.